The van der Waals surface area contributed by atoms with Gasteiger partial charge < -0.3 is 14.6 Å². The molecule has 1 N–H and O–H groups in total. The van der Waals surface area contributed by atoms with Crippen LogP contribution >= 0.6 is 11.3 Å². The Labute approximate surface area is 155 Å². The Kier molecular flexibility index (Phi) is 5.18. The van der Waals surface area contributed by atoms with Crippen molar-refractivity contribution in [2.75, 3.05) is 12.4 Å². The zero-order valence-electron chi connectivity index (χ0n) is 15.1. The number of carbonyl (C=O) groups is 1. The van der Waals surface area contributed by atoms with Gasteiger partial charge in [0.1, 0.15) is 5.75 Å². The lowest BCUT2D eigenvalue weighted by molar-refractivity contribution is -0.114. The van der Waals surface area contributed by atoms with Crippen LogP contribution in [0.5, 0.6) is 5.75 Å². The lowest BCUT2D eigenvalue weighted by atomic mass is 10.1. The molecule has 26 heavy (non-hydrogen) atoms. The molecule has 3 aromatic rings. The first-order valence-corrected chi connectivity index (χ1v) is 8.90. The molecule has 1 aromatic heterocycles. The minimum absolute atomic E-state index is 0.145. The predicted octanol–water partition coefficient (Wildman–Crippen LogP) is 3.53. The van der Waals surface area contributed by atoms with E-state index < -0.39 is 0 Å². The number of anilines is 1. The van der Waals surface area contributed by atoms with Gasteiger partial charge >= 0.3 is 0 Å². The summed E-state index contributed by atoms with van der Waals surface area (Å²) in [5, 5.41) is 11.5. The van der Waals surface area contributed by atoms with Crippen LogP contribution in [0.25, 0.3) is 10.2 Å². The maximum atomic E-state index is 11.3. The maximum Gasteiger partial charge on any atom is 0.221 e. The molecule has 0 atom stereocenters. The molecular weight excluding hydrogens is 348 g/mol. The van der Waals surface area contributed by atoms with Crippen molar-refractivity contribution >= 4 is 38.9 Å². The Morgan fingerprint density at radius 2 is 1.96 bits per heavy atom. The van der Waals surface area contributed by atoms with Gasteiger partial charge in [0.15, 0.2) is 0 Å². The van der Waals surface area contributed by atoms with Crippen LogP contribution in [0.3, 0.4) is 0 Å². The third-order valence-corrected chi connectivity index (χ3v) is 5.03. The zero-order chi connectivity index (χ0) is 18.7. The van der Waals surface area contributed by atoms with Gasteiger partial charge in [-0.1, -0.05) is 29.5 Å². The van der Waals surface area contributed by atoms with E-state index in [1.807, 2.05) is 42.8 Å². The number of benzene rings is 2. The number of ether oxygens (including phenoxy) is 1. The quantitative estimate of drug-likeness (QED) is 0.565. The topological polar surface area (TPSA) is 68.0 Å². The summed E-state index contributed by atoms with van der Waals surface area (Å²) in [6.45, 7) is 3.35. The van der Waals surface area contributed by atoms with Gasteiger partial charge in [0.2, 0.25) is 10.7 Å². The second kappa shape index (κ2) is 7.53. The van der Waals surface area contributed by atoms with Crippen LogP contribution in [-0.2, 0) is 11.8 Å². The number of thiazole rings is 1. The van der Waals surface area contributed by atoms with Crippen LogP contribution in [0.2, 0.25) is 0 Å². The molecule has 6 nitrogen and oxygen atoms in total. The van der Waals surface area contributed by atoms with E-state index in [0.29, 0.717) is 11.4 Å². The summed E-state index contributed by atoms with van der Waals surface area (Å²) in [5.41, 5.74) is 3.40. The summed E-state index contributed by atoms with van der Waals surface area (Å²) in [6.07, 6.45) is 0. The molecule has 134 valence electrons. The monoisotopic (exact) mass is 368 g/mol. The third kappa shape index (κ3) is 3.67. The van der Waals surface area contributed by atoms with E-state index in [0.717, 1.165) is 21.6 Å². The number of hydrogen-bond donors (Lipinski definition) is 1. The molecule has 0 aliphatic carbocycles. The van der Waals surface area contributed by atoms with Gasteiger partial charge in [0.05, 0.1) is 28.7 Å². The molecule has 0 spiro atoms. The van der Waals surface area contributed by atoms with Gasteiger partial charge in [-0.25, -0.2) is 0 Å². The summed E-state index contributed by atoms with van der Waals surface area (Å²) in [4.78, 5) is 12.1. The summed E-state index contributed by atoms with van der Waals surface area (Å²) < 4.78 is 8.55. The van der Waals surface area contributed by atoms with E-state index in [9.17, 15) is 4.79 Å². The molecule has 2 aromatic carbocycles. The first-order valence-electron chi connectivity index (χ1n) is 8.08. The van der Waals surface area contributed by atoms with Gasteiger partial charge in [-0.05, 0) is 31.2 Å². The van der Waals surface area contributed by atoms with Crippen molar-refractivity contribution in [1.82, 2.24) is 4.57 Å². The molecule has 0 saturated carbocycles. The van der Waals surface area contributed by atoms with E-state index in [4.69, 9.17) is 4.74 Å². The normalized spacial score (nSPS) is 12.5. The number of methoxy groups -OCH3 is 1. The minimum atomic E-state index is -0.145. The third-order valence-electron chi connectivity index (χ3n) is 3.93. The van der Waals surface area contributed by atoms with Gasteiger partial charge in [-0.3, -0.25) is 4.79 Å². The Hall–Kier alpha value is -2.93. The van der Waals surface area contributed by atoms with Crippen molar-refractivity contribution in [2.45, 2.75) is 13.8 Å². The van der Waals surface area contributed by atoms with Gasteiger partial charge in [0.25, 0.3) is 0 Å². The van der Waals surface area contributed by atoms with Gasteiger partial charge in [-0.2, -0.15) is 5.10 Å². The summed E-state index contributed by atoms with van der Waals surface area (Å²) in [5.74, 6) is 0.438. The lowest BCUT2D eigenvalue weighted by Crippen LogP contribution is -2.10. The van der Waals surface area contributed by atoms with Crippen molar-refractivity contribution in [3.8, 4) is 5.75 Å². The average molecular weight is 368 g/mol. The molecule has 0 aliphatic heterocycles. The van der Waals surface area contributed by atoms with Crippen molar-refractivity contribution < 1.29 is 9.53 Å². The Balaban J connectivity index is 1.96. The number of aromatic nitrogens is 1. The Morgan fingerprint density at radius 3 is 2.65 bits per heavy atom. The molecule has 1 amide bonds. The minimum Gasteiger partial charge on any atom is -0.495 e. The van der Waals surface area contributed by atoms with Crippen molar-refractivity contribution in [3.63, 3.8) is 0 Å². The second-order valence-corrected chi connectivity index (χ2v) is 6.80. The zero-order valence-corrected chi connectivity index (χ0v) is 15.9. The number of hydrogen-bond acceptors (Lipinski definition) is 5. The maximum absolute atomic E-state index is 11.3. The van der Waals surface area contributed by atoms with E-state index >= 15 is 0 Å². The summed E-state index contributed by atoms with van der Waals surface area (Å²) in [7, 11) is 3.55. The van der Waals surface area contributed by atoms with Crippen LogP contribution in [0, 0.1) is 0 Å². The average Bonchev–Trinajstić information content (AvgIpc) is 2.96. The standard InChI is InChI=1S/C19H20N4O2S/c1-12(14-9-10-15(20-13(2)24)17(11-14)25-4)21-22-19-23(3)16-7-5-6-8-18(16)26-19/h5-11H,1-4H3,(H,20,24)/b21-12+,22-19+. The molecule has 0 aliphatic rings. The van der Waals surface area contributed by atoms with Crippen molar-refractivity contribution in [1.29, 1.82) is 0 Å². The van der Waals surface area contributed by atoms with E-state index in [1.165, 1.54) is 11.6 Å². The van der Waals surface area contributed by atoms with E-state index in [2.05, 4.69) is 27.7 Å². The fourth-order valence-corrected chi connectivity index (χ4v) is 3.53. The number of nitrogens with zero attached hydrogens (tertiary/aromatic N) is 3. The van der Waals surface area contributed by atoms with E-state index in [1.54, 1.807) is 24.5 Å². The van der Waals surface area contributed by atoms with Crippen LogP contribution in [-0.4, -0.2) is 23.3 Å². The SMILES string of the molecule is COc1cc(/C(C)=N/N=c2/sc3ccccc3n2C)ccc1NC(C)=O. The number of nitrogens with one attached hydrogen (secondary N) is 1. The van der Waals surface area contributed by atoms with Crippen molar-refractivity contribution in [3.05, 3.63) is 52.8 Å². The fourth-order valence-electron chi connectivity index (χ4n) is 2.56. The molecule has 0 unspecified atom stereocenters. The Morgan fingerprint density at radius 1 is 1.19 bits per heavy atom. The molecule has 0 radical (unpaired) electrons. The number of para-hydroxylation sites is 1. The first-order chi connectivity index (χ1) is 12.5. The molecule has 1 heterocycles. The molecular formula is C19H20N4O2S. The largest absolute Gasteiger partial charge is 0.495 e. The van der Waals surface area contributed by atoms with Crippen LogP contribution in [0.15, 0.2) is 52.7 Å². The van der Waals surface area contributed by atoms with E-state index in [-0.39, 0.29) is 5.91 Å². The Bertz CT molecular complexity index is 1060. The molecule has 3 rings (SSSR count). The molecule has 0 fully saturated rings. The first kappa shape index (κ1) is 17.9. The highest BCUT2D eigenvalue weighted by Gasteiger charge is 2.08. The summed E-state index contributed by atoms with van der Waals surface area (Å²) in [6, 6.07) is 13.7. The predicted molar refractivity (Wildman–Crippen MR) is 106 cm³/mol. The highest BCUT2D eigenvalue weighted by Crippen LogP contribution is 2.26. The summed E-state index contributed by atoms with van der Waals surface area (Å²) >= 11 is 1.60. The fraction of sp³-hybridized carbons (Fsp3) is 0.211. The number of aryl methyl sites for hydroxylation is 1. The van der Waals surface area contributed by atoms with Crippen LogP contribution < -0.4 is 14.9 Å². The number of rotatable bonds is 4. The van der Waals surface area contributed by atoms with Crippen molar-refractivity contribution in [2.24, 2.45) is 17.3 Å². The van der Waals surface area contributed by atoms with Crippen LogP contribution in [0.4, 0.5) is 5.69 Å². The smallest absolute Gasteiger partial charge is 0.221 e. The number of carbonyl (C=O) groups excluding carboxylic acids is 1. The lowest BCUT2D eigenvalue weighted by Gasteiger charge is -2.10. The number of amides is 1. The highest BCUT2D eigenvalue weighted by atomic mass is 32.1. The second-order valence-electron chi connectivity index (χ2n) is 5.79. The van der Waals surface area contributed by atoms with Gasteiger partial charge in [-0.15, -0.1) is 5.10 Å². The number of fused-ring (bicyclic) bond motifs is 1. The highest BCUT2D eigenvalue weighted by molar-refractivity contribution is 7.16. The molecule has 0 saturated heterocycles. The molecule has 7 heteroatoms. The van der Waals surface area contributed by atoms with Crippen LogP contribution in [0.1, 0.15) is 19.4 Å². The molecule has 0 bridgehead atoms. The van der Waals surface area contributed by atoms with Gasteiger partial charge in [0, 0.05) is 19.5 Å².